The zero-order valence-corrected chi connectivity index (χ0v) is 9.77. The monoisotopic (exact) mass is 254 g/mol. The predicted molar refractivity (Wildman–Crippen MR) is 62.0 cm³/mol. The molecule has 0 amide bonds. The van der Waals surface area contributed by atoms with Crippen LogP contribution in [0.4, 0.5) is 0 Å². The molecule has 0 aliphatic heterocycles. The second-order valence-electron chi connectivity index (χ2n) is 3.26. The Morgan fingerprint density at radius 1 is 1.29 bits per heavy atom. The smallest absolute Gasteiger partial charge is 0.380 e. The maximum Gasteiger partial charge on any atom is 0.380 e. The van der Waals surface area contributed by atoms with Gasteiger partial charge in [-0.2, -0.15) is 13.6 Å². The number of fused-ring (bicyclic) bond motifs is 1. The number of para-hydroxylation sites is 1. The van der Waals surface area contributed by atoms with Gasteiger partial charge >= 0.3 is 10.3 Å². The Labute approximate surface area is 98.2 Å². The van der Waals surface area contributed by atoms with Gasteiger partial charge in [0.2, 0.25) is 5.75 Å². The van der Waals surface area contributed by atoms with E-state index in [2.05, 4.69) is 9.17 Å². The Balaban J connectivity index is 2.61. The molecule has 0 spiro atoms. The average molecular weight is 254 g/mol. The summed E-state index contributed by atoms with van der Waals surface area (Å²) in [7, 11) is -2.73. The minimum Gasteiger partial charge on any atom is -0.478 e. The van der Waals surface area contributed by atoms with E-state index in [9.17, 15) is 8.42 Å². The van der Waals surface area contributed by atoms with Crippen molar-refractivity contribution in [1.82, 2.24) is 4.98 Å². The van der Waals surface area contributed by atoms with E-state index in [1.54, 1.807) is 18.2 Å². The second kappa shape index (κ2) is 4.19. The molecule has 2 N–H and O–H groups in total. The van der Waals surface area contributed by atoms with Crippen molar-refractivity contribution in [3.05, 3.63) is 30.3 Å². The number of hydrogen-bond donors (Lipinski definition) is 1. The lowest BCUT2D eigenvalue weighted by Gasteiger charge is -2.08. The van der Waals surface area contributed by atoms with E-state index in [0.29, 0.717) is 5.52 Å². The molecule has 0 unspecified atom stereocenters. The normalized spacial score (nSPS) is 11.4. The molecular formula is C10H10N2O4S. The van der Waals surface area contributed by atoms with E-state index >= 15 is 0 Å². The van der Waals surface area contributed by atoms with Gasteiger partial charge in [0.05, 0.1) is 12.6 Å². The second-order valence-corrected chi connectivity index (χ2v) is 4.42. The molecule has 1 heterocycles. The first-order chi connectivity index (χ1) is 7.99. The summed E-state index contributed by atoms with van der Waals surface area (Å²) in [6.45, 7) is 0. The van der Waals surface area contributed by atoms with Crippen LogP contribution in [0.25, 0.3) is 10.9 Å². The van der Waals surface area contributed by atoms with Crippen LogP contribution in [0.15, 0.2) is 30.3 Å². The zero-order valence-electron chi connectivity index (χ0n) is 8.95. The zero-order chi connectivity index (χ0) is 12.5. The van der Waals surface area contributed by atoms with Gasteiger partial charge in [-0.15, -0.1) is 0 Å². The first-order valence-corrected chi connectivity index (χ1v) is 6.13. The van der Waals surface area contributed by atoms with Gasteiger partial charge in [-0.05, 0) is 12.1 Å². The highest BCUT2D eigenvalue weighted by Gasteiger charge is 2.13. The number of ether oxygens (including phenoxy) is 1. The molecule has 0 radical (unpaired) electrons. The standard InChI is InChI=1S/C10H10N2O4S/c1-15-10-9(16-17(11,13)14)6-7-4-2-3-5-8(7)12-10/h2-6H,1H3,(H2,11,13,14). The summed E-state index contributed by atoms with van der Waals surface area (Å²) in [5.74, 6) is 0.0337. The van der Waals surface area contributed by atoms with Gasteiger partial charge in [0.1, 0.15) is 0 Å². The van der Waals surface area contributed by atoms with Crippen molar-refractivity contribution in [2.45, 2.75) is 0 Å². The van der Waals surface area contributed by atoms with Gasteiger partial charge < -0.3 is 8.92 Å². The maximum atomic E-state index is 10.9. The highest BCUT2D eigenvalue weighted by Crippen LogP contribution is 2.29. The van der Waals surface area contributed by atoms with Crippen molar-refractivity contribution in [2.24, 2.45) is 5.14 Å². The van der Waals surface area contributed by atoms with Crippen molar-refractivity contribution in [1.29, 1.82) is 0 Å². The first-order valence-electron chi connectivity index (χ1n) is 4.65. The number of nitrogens with zero attached hydrogens (tertiary/aromatic N) is 1. The van der Waals surface area contributed by atoms with Crippen molar-refractivity contribution in [2.75, 3.05) is 7.11 Å². The Morgan fingerprint density at radius 3 is 2.65 bits per heavy atom. The number of methoxy groups -OCH3 is 1. The number of pyridine rings is 1. The molecule has 90 valence electrons. The van der Waals surface area contributed by atoms with E-state index in [1.807, 2.05) is 6.07 Å². The lowest BCUT2D eigenvalue weighted by molar-refractivity contribution is 0.377. The number of nitrogens with two attached hydrogens (primary N) is 1. The summed E-state index contributed by atoms with van der Waals surface area (Å²) in [5, 5.41) is 5.53. The molecular weight excluding hydrogens is 244 g/mol. The molecule has 7 heteroatoms. The summed E-state index contributed by atoms with van der Waals surface area (Å²) >= 11 is 0. The van der Waals surface area contributed by atoms with E-state index in [4.69, 9.17) is 9.88 Å². The highest BCUT2D eigenvalue weighted by atomic mass is 32.2. The largest absolute Gasteiger partial charge is 0.478 e. The molecule has 1 aromatic heterocycles. The summed E-state index contributed by atoms with van der Waals surface area (Å²) < 4.78 is 31.3. The fourth-order valence-electron chi connectivity index (χ4n) is 1.41. The number of hydrogen-bond acceptors (Lipinski definition) is 5. The molecule has 0 atom stereocenters. The van der Waals surface area contributed by atoms with Crippen LogP contribution in [0.1, 0.15) is 0 Å². The average Bonchev–Trinajstić information content (AvgIpc) is 2.26. The van der Waals surface area contributed by atoms with Crippen LogP contribution in [-0.4, -0.2) is 20.5 Å². The van der Waals surface area contributed by atoms with Gasteiger partial charge in [-0.1, -0.05) is 18.2 Å². The molecule has 0 fully saturated rings. The van der Waals surface area contributed by atoms with Crippen LogP contribution in [-0.2, 0) is 10.3 Å². The molecule has 2 aromatic rings. The van der Waals surface area contributed by atoms with E-state index in [1.165, 1.54) is 13.2 Å². The molecule has 17 heavy (non-hydrogen) atoms. The van der Waals surface area contributed by atoms with Gasteiger partial charge in [0.15, 0.2) is 0 Å². The van der Waals surface area contributed by atoms with Crippen molar-refractivity contribution in [3.63, 3.8) is 0 Å². The van der Waals surface area contributed by atoms with Crippen LogP contribution in [0.2, 0.25) is 0 Å². The summed E-state index contributed by atoms with van der Waals surface area (Å²) in [6, 6.07) is 8.67. The SMILES string of the molecule is COc1nc2ccccc2cc1OS(N)(=O)=O. The third kappa shape index (κ3) is 2.63. The summed E-state index contributed by atoms with van der Waals surface area (Å²) in [4.78, 5) is 4.11. The molecule has 0 saturated heterocycles. The molecule has 1 aromatic carbocycles. The quantitative estimate of drug-likeness (QED) is 0.875. The minimum atomic E-state index is -4.10. The van der Waals surface area contributed by atoms with Gasteiger partial charge in [-0.25, -0.2) is 4.98 Å². The van der Waals surface area contributed by atoms with E-state index in [0.717, 1.165) is 5.39 Å². The fraction of sp³-hybridized carbons (Fsp3) is 0.100. The van der Waals surface area contributed by atoms with Crippen molar-refractivity contribution in [3.8, 4) is 11.6 Å². The maximum absolute atomic E-state index is 10.9. The van der Waals surface area contributed by atoms with Crippen LogP contribution in [0.3, 0.4) is 0 Å². The lowest BCUT2D eigenvalue weighted by atomic mass is 10.2. The molecule has 0 saturated carbocycles. The lowest BCUT2D eigenvalue weighted by Crippen LogP contribution is -2.19. The molecule has 0 bridgehead atoms. The van der Waals surface area contributed by atoms with Crippen LogP contribution in [0.5, 0.6) is 11.6 Å². The van der Waals surface area contributed by atoms with Crippen molar-refractivity contribution >= 4 is 21.2 Å². The number of aromatic nitrogens is 1. The molecule has 6 nitrogen and oxygen atoms in total. The third-order valence-corrected chi connectivity index (χ3v) is 2.47. The van der Waals surface area contributed by atoms with Crippen LogP contribution >= 0.6 is 0 Å². The number of benzene rings is 1. The third-order valence-electron chi connectivity index (χ3n) is 2.06. The molecule has 0 aliphatic rings. The van der Waals surface area contributed by atoms with E-state index < -0.39 is 10.3 Å². The van der Waals surface area contributed by atoms with Crippen molar-refractivity contribution < 1.29 is 17.3 Å². The van der Waals surface area contributed by atoms with E-state index in [-0.39, 0.29) is 11.6 Å². The Morgan fingerprint density at radius 2 is 2.00 bits per heavy atom. The molecule has 2 rings (SSSR count). The Kier molecular flexibility index (Phi) is 2.86. The van der Waals surface area contributed by atoms with Gasteiger partial charge in [0, 0.05) is 5.39 Å². The summed E-state index contributed by atoms with van der Waals surface area (Å²) in [5.41, 5.74) is 0.672. The Bertz CT molecular complexity index is 654. The fourth-order valence-corrected chi connectivity index (χ4v) is 1.78. The highest BCUT2D eigenvalue weighted by molar-refractivity contribution is 7.84. The van der Waals surface area contributed by atoms with Gasteiger partial charge in [-0.3, -0.25) is 0 Å². The van der Waals surface area contributed by atoms with Crippen LogP contribution < -0.4 is 14.1 Å². The minimum absolute atomic E-state index is 0.0336. The predicted octanol–water partition coefficient (Wildman–Crippen LogP) is 0.826. The number of rotatable bonds is 3. The molecule has 0 aliphatic carbocycles. The summed E-state index contributed by atoms with van der Waals surface area (Å²) in [6.07, 6.45) is 0. The van der Waals surface area contributed by atoms with Crippen LogP contribution in [0, 0.1) is 0 Å². The topological polar surface area (TPSA) is 91.5 Å². The Hall–Kier alpha value is -1.86. The first kappa shape index (κ1) is 11.6. The van der Waals surface area contributed by atoms with Gasteiger partial charge in [0.25, 0.3) is 5.88 Å².